The van der Waals surface area contributed by atoms with Crippen molar-refractivity contribution in [3.63, 3.8) is 0 Å². The van der Waals surface area contributed by atoms with E-state index < -0.39 is 10.8 Å². The van der Waals surface area contributed by atoms with E-state index in [2.05, 4.69) is 13.8 Å². The molecule has 1 atom stereocenters. The maximum atomic E-state index is 11.9. The second-order valence-corrected chi connectivity index (χ2v) is 5.53. The van der Waals surface area contributed by atoms with Crippen LogP contribution >= 0.6 is 0 Å². The van der Waals surface area contributed by atoms with Gasteiger partial charge in [-0.05, 0) is 39.8 Å². The van der Waals surface area contributed by atoms with E-state index in [1.54, 1.807) is 0 Å². The van der Waals surface area contributed by atoms with E-state index in [0.29, 0.717) is 5.75 Å². The van der Waals surface area contributed by atoms with Crippen LogP contribution in [0.4, 0.5) is 0 Å². The molecule has 1 nitrogen and oxygen atoms in total. The molecule has 0 bridgehead atoms. The molecule has 15 heavy (non-hydrogen) atoms. The molecule has 1 unspecified atom stereocenters. The van der Waals surface area contributed by atoms with Crippen LogP contribution in [0.3, 0.4) is 0 Å². The number of hydrogen-bond acceptors (Lipinski definition) is 1. The van der Waals surface area contributed by atoms with Crippen molar-refractivity contribution in [2.45, 2.75) is 32.6 Å². The lowest BCUT2D eigenvalue weighted by molar-refractivity contribution is 0.684. The maximum Gasteiger partial charge on any atom is 0.0570 e. The first-order chi connectivity index (χ1) is 7.00. The second kappa shape index (κ2) is 5.26. The quantitative estimate of drug-likeness (QED) is 0.716. The fraction of sp³-hybridized carbons (Fsp3) is 0.385. The van der Waals surface area contributed by atoms with Crippen LogP contribution in [0.25, 0.3) is 0 Å². The topological polar surface area (TPSA) is 17.1 Å². The predicted octanol–water partition coefficient (Wildman–Crippen LogP) is 3.46. The number of rotatable bonds is 3. The van der Waals surface area contributed by atoms with Crippen molar-refractivity contribution >= 4 is 10.8 Å². The molecule has 0 aliphatic rings. The van der Waals surface area contributed by atoms with E-state index in [-0.39, 0.29) is 0 Å². The normalized spacial score (nSPS) is 12.3. The van der Waals surface area contributed by atoms with Gasteiger partial charge >= 0.3 is 0 Å². The zero-order valence-corrected chi connectivity index (χ0v) is 10.6. The van der Waals surface area contributed by atoms with Crippen LogP contribution in [-0.2, 0) is 10.8 Å². The number of hydrogen-bond donors (Lipinski definition) is 0. The molecule has 1 rings (SSSR count). The summed E-state index contributed by atoms with van der Waals surface area (Å²) >= 11 is 0. The number of aryl methyl sites for hydroxylation is 1. The highest BCUT2D eigenvalue weighted by Gasteiger charge is 2.04. The molecule has 0 N–H and O–H groups in total. The Kier molecular flexibility index (Phi) is 4.28. The summed E-state index contributed by atoms with van der Waals surface area (Å²) in [5.41, 5.74) is 3.68. The van der Waals surface area contributed by atoms with Crippen molar-refractivity contribution in [2.75, 3.05) is 5.75 Å². The Labute approximate surface area is 94.7 Å². The van der Waals surface area contributed by atoms with Gasteiger partial charge in [0.15, 0.2) is 0 Å². The van der Waals surface area contributed by atoms with Crippen molar-refractivity contribution in [3.05, 3.63) is 41.0 Å². The van der Waals surface area contributed by atoms with Gasteiger partial charge in [-0.1, -0.05) is 28.8 Å². The average Bonchev–Trinajstić information content (AvgIpc) is 2.18. The summed E-state index contributed by atoms with van der Waals surface area (Å²) in [4.78, 5) is 0.918. The van der Waals surface area contributed by atoms with Gasteiger partial charge in [0.25, 0.3) is 0 Å². The highest BCUT2D eigenvalue weighted by atomic mass is 32.2. The Morgan fingerprint density at radius 1 is 1.13 bits per heavy atom. The summed E-state index contributed by atoms with van der Waals surface area (Å²) in [6.45, 7) is 8.19. The van der Waals surface area contributed by atoms with E-state index in [4.69, 9.17) is 0 Å². The molecule has 0 radical (unpaired) electrons. The second-order valence-electron chi connectivity index (χ2n) is 4.08. The van der Waals surface area contributed by atoms with Crippen LogP contribution in [0, 0.1) is 6.92 Å². The Balaban J connectivity index is 2.78. The Bertz CT molecular complexity index is 384. The van der Waals surface area contributed by atoms with Gasteiger partial charge in [-0.25, -0.2) is 0 Å². The maximum absolute atomic E-state index is 11.9. The predicted molar refractivity (Wildman–Crippen MR) is 66.5 cm³/mol. The Morgan fingerprint density at radius 2 is 1.67 bits per heavy atom. The van der Waals surface area contributed by atoms with Crippen LogP contribution in [0.5, 0.6) is 0 Å². The molecular weight excluding hydrogens is 204 g/mol. The van der Waals surface area contributed by atoms with Crippen molar-refractivity contribution in [3.8, 4) is 0 Å². The average molecular weight is 222 g/mol. The zero-order chi connectivity index (χ0) is 11.4. The van der Waals surface area contributed by atoms with E-state index in [9.17, 15) is 4.21 Å². The van der Waals surface area contributed by atoms with Crippen molar-refractivity contribution < 1.29 is 4.21 Å². The summed E-state index contributed by atoms with van der Waals surface area (Å²) in [7, 11) is -0.900. The Hall–Kier alpha value is -0.890. The lowest BCUT2D eigenvalue weighted by Gasteiger charge is -2.05. The molecule has 0 aromatic heterocycles. The molecular formula is C13H18OS. The first-order valence-corrected chi connectivity index (χ1v) is 6.40. The third-order valence-corrected chi connectivity index (χ3v) is 3.98. The lowest BCUT2D eigenvalue weighted by atomic mass is 10.2. The minimum atomic E-state index is -0.900. The summed E-state index contributed by atoms with van der Waals surface area (Å²) in [6.07, 6.45) is 0. The van der Waals surface area contributed by atoms with Crippen LogP contribution in [0.1, 0.15) is 26.3 Å². The van der Waals surface area contributed by atoms with Gasteiger partial charge < -0.3 is 0 Å². The van der Waals surface area contributed by atoms with Crippen molar-refractivity contribution in [1.29, 1.82) is 0 Å². The zero-order valence-electron chi connectivity index (χ0n) is 9.83. The van der Waals surface area contributed by atoms with E-state index in [0.717, 1.165) is 4.90 Å². The van der Waals surface area contributed by atoms with Crippen LogP contribution in [-0.4, -0.2) is 9.96 Å². The van der Waals surface area contributed by atoms with Gasteiger partial charge in [-0.15, -0.1) is 0 Å². The minimum absolute atomic E-state index is 0.644. The third-order valence-electron chi connectivity index (χ3n) is 2.49. The van der Waals surface area contributed by atoms with Gasteiger partial charge in [-0.2, -0.15) is 0 Å². The first kappa shape index (κ1) is 12.2. The van der Waals surface area contributed by atoms with Gasteiger partial charge in [0.2, 0.25) is 0 Å². The smallest absolute Gasteiger partial charge is 0.0570 e. The monoisotopic (exact) mass is 222 g/mol. The van der Waals surface area contributed by atoms with E-state index in [1.165, 1.54) is 16.7 Å². The SMILES string of the molecule is CC(C)=C(C)CS(=O)c1ccc(C)cc1. The van der Waals surface area contributed by atoms with Crippen LogP contribution in [0.2, 0.25) is 0 Å². The summed E-state index contributed by atoms with van der Waals surface area (Å²) in [5.74, 6) is 0.644. The number of benzene rings is 1. The highest BCUT2D eigenvalue weighted by molar-refractivity contribution is 7.85. The fourth-order valence-electron chi connectivity index (χ4n) is 1.11. The number of allylic oxidation sites excluding steroid dienone is 1. The fourth-order valence-corrected chi connectivity index (χ4v) is 2.40. The van der Waals surface area contributed by atoms with Crippen molar-refractivity contribution in [1.82, 2.24) is 0 Å². The molecule has 2 heteroatoms. The molecule has 0 saturated heterocycles. The molecule has 0 amide bonds. The van der Waals surface area contributed by atoms with Crippen LogP contribution in [0.15, 0.2) is 40.3 Å². The third kappa shape index (κ3) is 3.63. The van der Waals surface area contributed by atoms with E-state index in [1.807, 2.05) is 38.1 Å². The lowest BCUT2D eigenvalue weighted by Crippen LogP contribution is -2.00. The van der Waals surface area contributed by atoms with E-state index >= 15 is 0 Å². The molecule has 0 fully saturated rings. The Morgan fingerprint density at radius 3 is 2.13 bits per heavy atom. The van der Waals surface area contributed by atoms with Gasteiger partial charge in [-0.3, -0.25) is 4.21 Å². The molecule has 0 aliphatic carbocycles. The standard InChI is InChI=1S/C13H18OS/c1-10(2)12(4)9-15(14)13-7-5-11(3)6-8-13/h5-8H,9H2,1-4H3. The molecule has 1 aromatic rings. The van der Waals surface area contributed by atoms with Gasteiger partial charge in [0.05, 0.1) is 10.8 Å². The molecule has 1 aromatic carbocycles. The highest BCUT2D eigenvalue weighted by Crippen LogP contribution is 2.12. The molecule has 82 valence electrons. The summed E-state index contributed by atoms with van der Waals surface area (Å²) in [6, 6.07) is 7.91. The molecule has 0 spiro atoms. The molecule has 0 heterocycles. The van der Waals surface area contributed by atoms with Crippen molar-refractivity contribution in [2.24, 2.45) is 0 Å². The largest absolute Gasteiger partial charge is 0.254 e. The summed E-state index contributed by atoms with van der Waals surface area (Å²) in [5, 5.41) is 0. The van der Waals surface area contributed by atoms with Crippen LogP contribution < -0.4 is 0 Å². The van der Waals surface area contributed by atoms with Gasteiger partial charge in [0, 0.05) is 10.6 Å². The molecule has 0 aliphatic heterocycles. The first-order valence-electron chi connectivity index (χ1n) is 5.08. The summed E-state index contributed by atoms with van der Waals surface area (Å²) < 4.78 is 11.9. The molecule has 0 saturated carbocycles. The minimum Gasteiger partial charge on any atom is -0.254 e. The van der Waals surface area contributed by atoms with Gasteiger partial charge in [0.1, 0.15) is 0 Å².